The second kappa shape index (κ2) is 16.3. The molecule has 2 aromatic rings. The Kier molecular flexibility index (Phi) is 16.2. The van der Waals surface area contributed by atoms with Crippen LogP contribution in [0.5, 0.6) is 0 Å². The molecule has 2 rings (SSSR count). The van der Waals surface area contributed by atoms with Crippen LogP contribution in [0.2, 0.25) is 20.1 Å². The van der Waals surface area contributed by atoms with Gasteiger partial charge >= 0.3 is 0 Å². The molecule has 0 saturated heterocycles. The summed E-state index contributed by atoms with van der Waals surface area (Å²) in [6.07, 6.45) is 1.98. The molecular formula is C17H18Cl5F2N7O. The predicted octanol–water partition coefficient (Wildman–Crippen LogP) is 3.99. The number of hydrogen-bond acceptors (Lipinski definition) is 5. The molecule has 0 aliphatic rings. The Bertz CT molecular complexity index is 940. The minimum absolute atomic E-state index is 0. The summed E-state index contributed by atoms with van der Waals surface area (Å²) in [5.74, 6) is 3.02. The summed E-state index contributed by atoms with van der Waals surface area (Å²) in [7, 11) is 0. The molecule has 0 heterocycles. The topological polar surface area (TPSA) is 170 Å². The van der Waals surface area contributed by atoms with Gasteiger partial charge in [-0.1, -0.05) is 46.4 Å². The third kappa shape index (κ3) is 12.5. The van der Waals surface area contributed by atoms with Gasteiger partial charge in [0, 0.05) is 11.8 Å². The molecule has 0 atom stereocenters. The number of benzene rings is 2. The van der Waals surface area contributed by atoms with E-state index in [1.54, 1.807) is 0 Å². The van der Waals surface area contributed by atoms with Crippen LogP contribution in [0.15, 0.2) is 34.4 Å². The molecule has 0 spiro atoms. The van der Waals surface area contributed by atoms with Crippen molar-refractivity contribution in [2.24, 2.45) is 33.1 Å². The highest BCUT2D eigenvalue weighted by atomic mass is 35.5. The Hall–Kier alpha value is -2.37. The SMILES string of the molecule is Cl.N=C(N)CN=Cc1cc(Cl)c(F)c(Cl)c1.NN=C(N)N.O=Cc1cc(Cl)c(F)c(Cl)c1. The van der Waals surface area contributed by atoms with Gasteiger partial charge in [0.2, 0.25) is 5.96 Å². The van der Waals surface area contributed by atoms with Crippen molar-refractivity contribution in [3.8, 4) is 0 Å². The maximum absolute atomic E-state index is 13.0. The molecule has 0 radical (unpaired) electrons. The minimum Gasteiger partial charge on any atom is -0.386 e. The van der Waals surface area contributed by atoms with Crippen molar-refractivity contribution in [1.29, 1.82) is 5.41 Å². The van der Waals surface area contributed by atoms with E-state index in [4.69, 9.17) is 69.0 Å². The number of amidine groups is 1. The molecule has 0 bridgehead atoms. The van der Waals surface area contributed by atoms with E-state index < -0.39 is 11.6 Å². The summed E-state index contributed by atoms with van der Waals surface area (Å²) >= 11 is 21.9. The number of rotatable bonds is 4. The maximum Gasteiger partial charge on any atom is 0.208 e. The van der Waals surface area contributed by atoms with Gasteiger partial charge in [-0.3, -0.25) is 15.2 Å². The van der Waals surface area contributed by atoms with Gasteiger partial charge < -0.3 is 23.0 Å². The lowest BCUT2D eigenvalue weighted by Gasteiger charge is -1.99. The van der Waals surface area contributed by atoms with E-state index in [0.717, 1.165) is 0 Å². The summed E-state index contributed by atoms with van der Waals surface area (Å²) in [5.41, 5.74) is 15.3. The fourth-order valence-electron chi connectivity index (χ4n) is 1.54. The first kappa shape index (κ1) is 31.8. The summed E-state index contributed by atoms with van der Waals surface area (Å²) in [4.78, 5) is 14.0. The van der Waals surface area contributed by atoms with Crippen molar-refractivity contribution in [3.05, 3.63) is 67.1 Å². The highest BCUT2D eigenvalue weighted by molar-refractivity contribution is 6.35. The zero-order valence-corrected chi connectivity index (χ0v) is 19.8. The number of nitrogens with zero attached hydrogens (tertiary/aromatic N) is 2. The third-order valence-electron chi connectivity index (χ3n) is 2.80. The Labute approximate surface area is 208 Å². The zero-order chi connectivity index (χ0) is 24.1. The molecule has 15 heteroatoms. The maximum atomic E-state index is 13.0. The second-order valence-electron chi connectivity index (χ2n) is 5.26. The molecule has 176 valence electrons. The molecular weight excluding hydrogens is 533 g/mol. The van der Waals surface area contributed by atoms with E-state index in [9.17, 15) is 13.6 Å². The summed E-state index contributed by atoms with van der Waals surface area (Å²) in [5, 5.41) is 9.39. The quantitative estimate of drug-likeness (QED) is 0.0965. The van der Waals surface area contributed by atoms with Crippen molar-refractivity contribution < 1.29 is 13.6 Å². The van der Waals surface area contributed by atoms with Crippen LogP contribution in [-0.4, -0.2) is 30.8 Å². The highest BCUT2D eigenvalue weighted by Gasteiger charge is 2.06. The number of carbonyl (C=O) groups is 1. The summed E-state index contributed by atoms with van der Waals surface area (Å²) in [6, 6.07) is 5.23. The second-order valence-corrected chi connectivity index (χ2v) is 6.89. The number of aliphatic imine (C=N–C) groups is 1. The highest BCUT2D eigenvalue weighted by Crippen LogP contribution is 2.24. The van der Waals surface area contributed by atoms with Crippen molar-refractivity contribution in [2.45, 2.75) is 0 Å². The normalized spacial score (nSPS) is 9.44. The van der Waals surface area contributed by atoms with E-state index in [0.29, 0.717) is 11.8 Å². The summed E-state index contributed by atoms with van der Waals surface area (Å²) in [6.45, 7) is 0.0899. The van der Waals surface area contributed by atoms with E-state index in [2.05, 4.69) is 15.9 Å². The van der Waals surface area contributed by atoms with Crippen LogP contribution in [0, 0.1) is 17.0 Å². The van der Waals surface area contributed by atoms with Crippen LogP contribution in [0.4, 0.5) is 8.78 Å². The fourth-order valence-corrected chi connectivity index (χ4v) is 2.55. The molecule has 32 heavy (non-hydrogen) atoms. The number of halogens is 7. The first-order chi connectivity index (χ1) is 14.4. The number of hydrogen-bond donors (Lipinski definition) is 5. The number of carbonyl (C=O) groups excluding carboxylic acids is 1. The molecule has 0 aliphatic carbocycles. The zero-order valence-electron chi connectivity index (χ0n) is 16.0. The Balaban J connectivity index is 0. The predicted molar refractivity (Wildman–Crippen MR) is 130 cm³/mol. The molecule has 0 saturated carbocycles. The smallest absolute Gasteiger partial charge is 0.208 e. The van der Waals surface area contributed by atoms with E-state index in [-0.39, 0.29) is 56.4 Å². The summed E-state index contributed by atoms with van der Waals surface area (Å²) < 4.78 is 25.7. The standard InChI is InChI=1S/C9H8Cl2FN3.C7H3Cl2FO.CH6N4.ClH/c10-6-1-5(2-7(11)9(6)12)3-15-4-8(13)14;8-5-1-4(3-11)2-6(9)7(5)10;2-1(3)5-4;/h1-3H,4H2,(H3,13,14);1-3H;4H2,(H4,2,3,5);1H. The average Bonchev–Trinajstić information content (AvgIpc) is 2.70. The van der Waals surface area contributed by atoms with Crippen LogP contribution in [0.25, 0.3) is 0 Å². The number of guanidine groups is 1. The van der Waals surface area contributed by atoms with Gasteiger partial charge in [0.25, 0.3) is 0 Å². The molecule has 0 amide bonds. The molecule has 0 unspecified atom stereocenters. The average molecular weight is 552 g/mol. The van der Waals surface area contributed by atoms with Crippen LogP contribution in [0.1, 0.15) is 15.9 Å². The Morgan fingerprint density at radius 3 is 1.53 bits per heavy atom. The minimum atomic E-state index is -0.695. The van der Waals surface area contributed by atoms with Crippen molar-refractivity contribution in [3.63, 3.8) is 0 Å². The van der Waals surface area contributed by atoms with Gasteiger partial charge in [-0.15, -0.1) is 17.5 Å². The number of hydrazone groups is 1. The molecule has 9 N–H and O–H groups in total. The van der Waals surface area contributed by atoms with E-state index in [1.807, 2.05) is 0 Å². The van der Waals surface area contributed by atoms with Crippen LogP contribution in [0.3, 0.4) is 0 Å². The van der Waals surface area contributed by atoms with Gasteiger partial charge in [-0.25, -0.2) is 8.78 Å². The molecule has 2 aromatic carbocycles. The van der Waals surface area contributed by atoms with Crippen molar-refractivity contribution in [2.75, 3.05) is 6.54 Å². The van der Waals surface area contributed by atoms with Gasteiger partial charge in [0.1, 0.15) is 12.1 Å². The molecule has 8 nitrogen and oxygen atoms in total. The third-order valence-corrected chi connectivity index (χ3v) is 3.90. The first-order valence-electron chi connectivity index (χ1n) is 7.78. The number of nitrogens with one attached hydrogen (secondary N) is 1. The molecule has 0 fully saturated rings. The number of nitrogens with two attached hydrogens (primary N) is 4. The fraction of sp³-hybridized carbons (Fsp3) is 0.0588. The molecule has 0 aliphatic heterocycles. The molecule has 0 aromatic heterocycles. The lowest BCUT2D eigenvalue weighted by molar-refractivity contribution is 0.112. The lowest BCUT2D eigenvalue weighted by atomic mass is 10.2. The van der Waals surface area contributed by atoms with E-state index in [1.165, 1.54) is 30.5 Å². The van der Waals surface area contributed by atoms with Gasteiger partial charge in [-0.2, -0.15) is 0 Å². The van der Waals surface area contributed by atoms with Crippen LogP contribution in [-0.2, 0) is 0 Å². The van der Waals surface area contributed by atoms with E-state index >= 15 is 0 Å². The van der Waals surface area contributed by atoms with Crippen molar-refractivity contribution in [1.82, 2.24) is 0 Å². The largest absolute Gasteiger partial charge is 0.386 e. The van der Waals surface area contributed by atoms with Gasteiger partial charge in [-0.05, 0) is 29.8 Å². The Morgan fingerprint density at radius 1 is 0.906 bits per heavy atom. The number of aldehydes is 1. The van der Waals surface area contributed by atoms with Crippen LogP contribution < -0.4 is 23.0 Å². The van der Waals surface area contributed by atoms with Crippen molar-refractivity contribution >= 4 is 83.1 Å². The van der Waals surface area contributed by atoms with Gasteiger partial charge in [0.15, 0.2) is 11.6 Å². The Morgan fingerprint density at radius 2 is 1.25 bits per heavy atom. The van der Waals surface area contributed by atoms with Crippen LogP contribution >= 0.6 is 58.8 Å². The van der Waals surface area contributed by atoms with Gasteiger partial charge in [0.05, 0.1) is 26.6 Å². The lowest BCUT2D eigenvalue weighted by Crippen LogP contribution is -2.23. The first-order valence-corrected chi connectivity index (χ1v) is 9.29. The monoisotopic (exact) mass is 549 g/mol.